The molecule has 1 amide bonds. The van der Waals surface area contributed by atoms with Crippen LogP contribution in [-0.2, 0) is 4.79 Å². The lowest BCUT2D eigenvalue weighted by atomic mass is 10.1. The molecule has 0 spiro atoms. The molecular formula is C16H21NO2. The van der Waals surface area contributed by atoms with Gasteiger partial charge >= 0.3 is 0 Å². The second kappa shape index (κ2) is 6.78. The maximum atomic E-state index is 12.5. The fraction of sp³-hybridized carbons (Fsp3) is 0.312. The number of carbonyl (C=O) groups is 1. The fourth-order valence-corrected chi connectivity index (χ4v) is 1.67. The number of amides is 1. The first-order chi connectivity index (χ1) is 9.02. The number of allylic oxidation sites excluding steroid dienone is 1. The third kappa shape index (κ3) is 3.47. The van der Waals surface area contributed by atoms with Gasteiger partial charge in [-0.3, -0.25) is 9.69 Å². The highest BCUT2D eigenvalue weighted by atomic mass is 16.3. The molecule has 0 aliphatic carbocycles. The number of hydrogen-bond donors (Lipinski definition) is 1. The van der Waals surface area contributed by atoms with Gasteiger partial charge in [0.15, 0.2) is 0 Å². The van der Waals surface area contributed by atoms with Crippen LogP contribution in [0.5, 0.6) is 0 Å². The number of para-hydroxylation sites is 1. The van der Waals surface area contributed by atoms with E-state index in [9.17, 15) is 9.90 Å². The van der Waals surface area contributed by atoms with Crippen molar-refractivity contribution in [2.24, 2.45) is 5.92 Å². The van der Waals surface area contributed by atoms with Crippen LogP contribution in [0.2, 0.25) is 0 Å². The summed E-state index contributed by atoms with van der Waals surface area (Å²) in [6.45, 7) is 9.37. The molecule has 0 fully saturated rings. The Bertz CT molecular complexity index is 477. The van der Waals surface area contributed by atoms with Crippen LogP contribution in [0.3, 0.4) is 0 Å². The molecular weight excluding hydrogens is 238 g/mol. The number of carbonyl (C=O) groups excluding carboxylic acids is 1. The third-order valence-corrected chi connectivity index (χ3v) is 3.11. The van der Waals surface area contributed by atoms with Crippen LogP contribution < -0.4 is 4.90 Å². The molecule has 0 saturated carbocycles. The zero-order valence-corrected chi connectivity index (χ0v) is 11.8. The standard InChI is InChI=1S/C16H21NO2/c1-5-12(3)16(19)17(13(4)15(18)6-2)14-10-8-7-9-11-14/h6-12,18H,4-5H2,1-3H3/b15-6-. The molecule has 3 nitrogen and oxygen atoms in total. The maximum Gasteiger partial charge on any atom is 0.234 e. The summed E-state index contributed by atoms with van der Waals surface area (Å²) in [6, 6.07) is 9.24. The van der Waals surface area contributed by atoms with Crippen molar-refractivity contribution in [3.8, 4) is 0 Å². The number of aliphatic hydroxyl groups excluding tert-OH is 1. The van der Waals surface area contributed by atoms with Crippen molar-refractivity contribution >= 4 is 11.6 Å². The third-order valence-electron chi connectivity index (χ3n) is 3.11. The van der Waals surface area contributed by atoms with Crippen LogP contribution >= 0.6 is 0 Å². The van der Waals surface area contributed by atoms with E-state index >= 15 is 0 Å². The molecule has 0 saturated heterocycles. The Labute approximate surface area is 114 Å². The highest BCUT2D eigenvalue weighted by molar-refractivity contribution is 5.98. The summed E-state index contributed by atoms with van der Waals surface area (Å²) in [6.07, 6.45) is 2.27. The van der Waals surface area contributed by atoms with Crippen LogP contribution in [0.4, 0.5) is 5.69 Å². The minimum absolute atomic E-state index is 0.0144. The molecule has 1 aromatic rings. The van der Waals surface area contributed by atoms with Crippen LogP contribution in [0, 0.1) is 5.92 Å². The van der Waals surface area contributed by atoms with E-state index in [1.807, 2.05) is 44.2 Å². The molecule has 1 aromatic carbocycles. The van der Waals surface area contributed by atoms with Crippen molar-refractivity contribution in [1.82, 2.24) is 0 Å². The Balaban J connectivity index is 3.19. The molecule has 0 aliphatic rings. The highest BCUT2D eigenvalue weighted by Gasteiger charge is 2.24. The largest absolute Gasteiger partial charge is 0.506 e. The summed E-state index contributed by atoms with van der Waals surface area (Å²) in [5, 5.41) is 9.83. The summed E-state index contributed by atoms with van der Waals surface area (Å²) in [5.74, 6) is -0.172. The van der Waals surface area contributed by atoms with Crippen molar-refractivity contribution in [3.05, 3.63) is 54.4 Å². The lowest BCUT2D eigenvalue weighted by Crippen LogP contribution is -2.34. The normalized spacial score (nSPS) is 12.9. The van der Waals surface area contributed by atoms with Crippen LogP contribution in [0.15, 0.2) is 54.4 Å². The molecule has 0 bridgehead atoms. The van der Waals surface area contributed by atoms with E-state index in [2.05, 4.69) is 6.58 Å². The SMILES string of the molecule is C=C(/C(O)=C/C)N(C(=O)C(C)CC)c1ccccc1. The predicted octanol–water partition coefficient (Wildman–Crippen LogP) is 4.04. The average molecular weight is 259 g/mol. The van der Waals surface area contributed by atoms with Crippen LogP contribution in [0.25, 0.3) is 0 Å². The molecule has 0 radical (unpaired) electrons. The lowest BCUT2D eigenvalue weighted by molar-refractivity contribution is -0.121. The molecule has 1 N–H and O–H groups in total. The van der Waals surface area contributed by atoms with Gasteiger partial charge < -0.3 is 5.11 Å². The topological polar surface area (TPSA) is 40.5 Å². The van der Waals surface area contributed by atoms with E-state index in [1.54, 1.807) is 6.92 Å². The first kappa shape index (κ1) is 15.0. The Morgan fingerprint density at radius 3 is 2.47 bits per heavy atom. The summed E-state index contributed by atoms with van der Waals surface area (Å²) in [7, 11) is 0. The zero-order chi connectivity index (χ0) is 14.4. The summed E-state index contributed by atoms with van der Waals surface area (Å²) < 4.78 is 0. The van der Waals surface area contributed by atoms with Crippen LogP contribution in [-0.4, -0.2) is 11.0 Å². The molecule has 19 heavy (non-hydrogen) atoms. The minimum Gasteiger partial charge on any atom is -0.506 e. The van der Waals surface area contributed by atoms with Crippen molar-refractivity contribution < 1.29 is 9.90 Å². The van der Waals surface area contributed by atoms with Crippen molar-refractivity contribution in [3.63, 3.8) is 0 Å². The Morgan fingerprint density at radius 1 is 1.42 bits per heavy atom. The summed E-state index contributed by atoms with van der Waals surface area (Å²) >= 11 is 0. The number of aliphatic hydroxyl groups is 1. The second-order valence-electron chi connectivity index (χ2n) is 4.44. The Morgan fingerprint density at radius 2 is 2.00 bits per heavy atom. The highest BCUT2D eigenvalue weighted by Crippen LogP contribution is 2.24. The molecule has 0 aromatic heterocycles. The summed E-state index contributed by atoms with van der Waals surface area (Å²) in [5.41, 5.74) is 1.02. The van der Waals surface area contributed by atoms with E-state index in [0.29, 0.717) is 11.4 Å². The number of hydrogen-bond acceptors (Lipinski definition) is 2. The van der Waals surface area contributed by atoms with Gasteiger partial charge in [0.1, 0.15) is 5.76 Å². The molecule has 1 atom stereocenters. The van der Waals surface area contributed by atoms with Gasteiger partial charge in [0.25, 0.3) is 0 Å². The van der Waals surface area contributed by atoms with Crippen molar-refractivity contribution in [2.75, 3.05) is 4.90 Å². The van der Waals surface area contributed by atoms with Gasteiger partial charge in [-0.1, -0.05) is 38.6 Å². The lowest BCUT2D eigenvalue weighted by Gasteiger charge is -2.27. The van der Waals surface area contributed by atoms with E-state index in [4.69, 9.17) is 0 Å². The second-order valence-corrected chi connectivity index (χ2v) is 4.44. The Hall–Kier alpha value is -2.03. The summed E-state index contributed by atoms with van der Waals surface area (Å²) in [4.78, 5) is 13.9. The quantitative estimate of drug-likeness (QED) is 0.640. The first-order valence-corrected chi connectivity index (χ1v) is 6.46. The van der Waals surface area contributed by atoms with Gasteiger partial charge in [0.05, 0.1) is 5.70 Å². The number of rotatable bonds is 5. The van der Waals surface area contributed by atoms with E-state index < -0.39 is 0 Å². The molecule has 0 heterocycles. The Kier molecular flexibility index (Phi) is 5.37. The van der Waals surface area contributed by atoms with Crippen molar-refractivity contribution in [1.29, 1.82) is 0 Å². The maximum absolute atomic E-state index is 12.5. The molecule has 0 aliphatic heterocycles. The van der Waals surface area contributed by atoms with Gasteiger partial charge in [-0.25, -0.2) is 0 Å². The van der Waals surface area contributed by atoms with E-state index in [-0.39, 0.29) is 17.6 Å². The van der Waals surface area contributed by atoms with Gasteiger partial charge in [0.2, 0.25) is 5.91 Å². The number of anilines is 1. The van der Waals surface area contributed by atoms with Crippen molar-refractivity contribution in [2.45, 2.75) is 27.2 Å². The molecule has 1 rings (SSSR count). The zero-order valence-electron chi connectivity index (χ0n) is 11.8. The van der Waals surface area contributed by atoms with E-state index in [0.717, 1.165) is 6.42 Å². The molecule has 1 unspecified atom stereocenters. The van der Waals surface area contributed by atoms with E-state index in [1.165, 1.54) is 11.0 Å². The monoisotopic (exact) mass is 259 g/mol. The van der Waals surface area contributed by atoms with Crippen LogP contribution in [0.1, 0.15) is 27.2 Å². The minimum atomic E-state index is -0.124. The average Bonchev–Trinajstić information content (AvgIpc) is 2.46. The van der Waals surface area contributed by atoms with Gasteiger partial charge in [0, 0.05) is 11.6 Å². The molecule has 102 valence electrons. The van der Waals surface area contributed by atoms with Gasteiger partial charge in [-0.15, -0.1) is 0 Å². The van der Waals surface area contributed by atoms with Gasteiger partial charge in [-0.05, 0) is 31.6 Å². The predicted molar refractivity (Wildman–Crippen MR) is 78.9 cm³/mol. The fourth-order valence-electron chi connectivity index (χ4n) is 1.67. The molecule has 3 heteroatoms. The first-order valence-electron chi connectivity index (χ1n) is 6.46. The number of nitrogens with zero attached hydrogens (tertiary/aromatic N) is 1. The number of benzene rings is 1. The van der Waals surface area contributed by atoms with Gasteiger partial charge in [-0.2, -0.15) is 0 Å². The smallest absolute Gasteiger partial charge is 0.234 e.